The molecule has 0 aromatic heterocycles. The zero-order chi connectivity index (χ0) is 11.7. The first-order valence-corrected chi connectivity index (χ1v) is 6.28. The Bertz CT molecular complexity index is 542. The van der Waals surface area contributed by atoms with Crippen LogP contribution in [0.4, 0.5) is 0 Å². The number of rotatable bonds is 0. The number of allylic oxidation sites excluding steroid dienone is 1. The predicted molar refractivity (Wildman–Crippen MR) is 68.7 cm³/mol. The molecule has 0 spiro atoms. The Hall–Kier alpha value is -1.28. The van der Waals surface area contributed by atoms with E-state index >= 15 is 0 Å². The van der Waals surface area contributed by atoms with Crippen LogP contribution in [0.1, 0.15) is 12.0 Å². The number of hydrogen-bond donors (Lipinski definition) is 2. The minimum Gasteiger partial charge on any atom is -0.286 e. The summed E-state index contributed by atoms with van der Waals surface area (Å²) < 4.78 is 1.04. The molecule has 1 aromatic rings. The Balaban J connectivity index is 1.87. The molecule has 1 fully saturated rings. The standard InChI is InChI=1S/C13H11BrN2O/c14-10-3-1-2-9(8-10)4-5-12-11-6-7-15-13(11)17-16-12/h1-3,8,13,15-16H,6-7H2. The van der Waals surface area contributed by atoms with Gasteiger partial charge in [0.2, 0.25) is 0 Å². The van der Waals surface area contributed by atoms with E-state index in [9.17, 15) is 0 Å². The van der Waals surface area contributed by atoms with E-state index in [4.69, 9.17) is 4.84 Å². The van der Waals surface area contributed by atoms with Crippen molar-refractivity contribution in [2.24, 2.45) is 0 Å². The van der Waals surface area contributed by atoms with Crippen LogP contribution in [0.15, 0.2) is 40.0 Å². The Morgan fingerprint density at radius 1 is 1.35 bits per heavy atom. The monoisotopic (exact) mass is 290 g/mol. The average molecular weight is 291 g/mol. The fourth-order valence-electron chi connectivity index (χ4n) is 1.95. The summed E-state index contributed by atoms with van der Waals surface area (Å²) in [6.07, 6.45) is 1.02. The average Bonchev–Trinajstić information content (AvgIpc) is 2.89. The van der Waals surface area contributed by atoms with Gasteiger partial charge in [-0.3, -0.25) is 15.6 Å². The second kappa shape index (κ2) is 4.53. The number of hydroxylamine groups is 1. The Kier molecular flexibility index (Phi) is 2.89. The smallest absolute Gasteiger partial charge is 0.160 e. The van der Waals surface area contributed by atoms with Crippen molar-refractivity contribution >= 4 is 15.9 Å². The molecule has 2 aliphatic rings. The van der Waals surface area contributed by atoms with Gasteiger partial charge in [0.15, 0.2) is 6.23 Å². The number of nitrogens with one attached hydrogen (secondary N) is 2. The van der Waals surface area contributed by atoms with Crippen molar-refractivity contribution in [2.45, 2.75) is 12.6 Å². The molecule has 3 rings (SSSR count). The third-order valence-corrected chi connectivity index (χ3v) is 3.29. The Labute approximate surface area is 108 Å². The second-order valence-corrected chi connectivity index (χ2v) is 4.88. The number of fused-ring (bicyclic) bond motifs is 1. The van der Waals surface area contributed by atoms with Crippen LogP contribution in [0, 0.1) is 11.8 Å². The summed E-state index contributed by atoms with van der Waals surface area (Å²) in [4.78, 5) is 5.35. The highest BCUT2D eigenvalue weighted by molar-refractivity contribution is 9.10. The van der Waals surface area contributed by atoms with Gasteiger partial charge in [0, 0.05) is 22.2 Å². The van der Waals surface area contributed by atoms with Gasteiger partial charge < -0.3 is 0 Å². The lowest BCUT2D eigenvalue weighted by Crippen LogP contribution is -2.25. The molecule has 4 heteroatoms. The van der Waals surface area contributed by atoms with Crippen LogP contribution >= 0.6 is 15.9 Å². The van der Waals surface area contributed by atoms with Crippen molar-refractivity contribution in [1.82, 2.24) is 10.8 Å². The largest absolute Gasteiger partial charge is 0.286 e. The van der Waals surface area contributed by atoms with Crippen molar-refractivity contribution in [3.8, 4) is 11.8 Å². The van der Waals surface area contributed by atoms with Crippen LogP contribution in [0.25, 0.3) is 0 Å². The molecular weight excluding hydrogens is 280 g/mol. The van der Waals surface area contributed by atoms with Gasteiger partial charge in [-0.15, -0.1) is 0 Å². The predicted octanol–water partition coefficient (Wildman–Crippen LogP) is 1.91. The SMILES string of the molecule is Brc1cccc(C#CC2=C3CCNC3ON2)c1. The van der Waals surface area contributed by atoms with Crippen LogP contribution < -0.4 is 10.8 Å². The molecule has 1 saturated heterocycles. The molecule has 0 bridgehead atoms. The maximum absolute atomic E-state index is 5.35. The molecule has 1 aromatic carbocycles. The molecule has 0 radical (unpaired) electrons. The summed E-state index contributed by atoms with van der Waals surface area (Å²) >= 11 is 3.43. The third-order valence-electron chi connectivity index (χ3n) is 2.80. The van der Waals surface area contributed by atoms with E-state index in [-0.39, 0.29) is 6.23 Å². The van der Waals surface area contributed by atoms with Gasteiger partial charge in [0.05, 0.1) is 0 Å². The minimum atomic E-state index is 0.0156. The van der Waals surface area contributed by atoms with Crippen molar-refractivity contribution < 1.29 is 4.84 Å². The van der Waals surface area contributed by atoms with Crippen LogP contribution in [0.3, 0.4) is 0 Å². The van der Waals surface area contributed by atoms with Crippen LogP contribution in [-0.2, 0) is 4.84 Å². The first kappa shape index (κ1) is 10.8. The topological polar surface area (TPSA) is 33.3 Å². The van der Waals surface area contributed by atoms with Gasteiger partial charge in [-0.1, -0.05) is 27.9 Å². The fourth-order valence-corrected chi connectivity index (χ4v) is 2.35. The van der Waals surface area contributed by atoms with E-state index in [1.54, 1.807) is 0 Å². The maximum atomic E-state index is 5.35. The van der Waals surface area contributed by atoms with Gasteiger partial charge in [-0.05, 0) is 30.5 Å². The van der Waals surface area contributed by atoms with E-state index in [1.807, 2.05) is 24.3 Å². The quantitative estimate of drug-likeness (QED) is 0.716. The summed E-state index contributed by atoms with van der Waals surface area (Å²) in [5, 5.41) is 3.24. The molecule has 2 N–H and O–H groups in total. The highest BCUT2D eigenvalue weighted by atomic mass is 79.9. The van der Waals surface area contributed by atoms with Gasteiger partial charge in [-0.2, -0.15) is 0 Å². The molecule has 3 nitrogen and oxygen atoms in total. The number of benzene rings is 1. The maximum Gasteiger partial charge on any atom is 0.160 e. The lowest BCUT2D eigenvalue weighted by atomic mass is 10.1. The van der Waals surface area contributed by atoms with Gasteiger partial charge in [0.1, 0.15) is 5.70 Å². The van der Waals surface area contributed by atoms with E-state index in [1.165, 1.54) is 5.57 Å². The first-order valence-electron chi connectivity index (χ1n) is 5.48. The zero-order valence-corrected chi connectivity index (χ0v) is 10.7. The van der Waals surface area contributed by atoms with Crippen molar-refractivity contribution in [3.63, 3.8) is 0 Å². The number of halogens is 1. The van der Waals surface area contributed by atoms with Crippen molar-refractivity contribution in [2.75, 3.05) is 6.54 Å². The summed E-state index contributed by atoms with van der Waals surface area (Å²) in [6, 6.07) is 7.95. The molecule has 1 unspecified atom stereocenters. The molecule has 2 aliphatic heterocycles. The normalized spacial score (nSPS) is 21.8. The van der Waals surface area contributed by atoms with E-state index in [0.717, 1.165) is 28.7 Å². The molecule has 0 amide bonds. The molecule has 0 aliphatic carbocycles. The van der Waals surface area contributed by atoms with Crippen LogP contribution in [-0.4, -0.2) is 12.8 Å². The summed E-state index contributed by atoms with van der Waals surface area (Å²) in [5.41, 5.74) is 6.00. The molecule has 17 heavy (non-hydrogen) atoms. The summed E-state index contributed by atoms with van der Waals surface area (Å²) in [7, 11) is 0. The molecule has 0 saturated carbocycles. The van der Waals surface area contributed by atoms with Crippen molar-refractivity contribution in [1.29, 1.82) is 0 Å². The molecule has 86 valence electrons. The second-order valence-electron chi connectivity index (χ2n) is 3.96. The lowest BCUT2D eigenvalue weighted by Gasteiger charge is -2.02. The van der Waals surface area contributed by atoms with E-state index < -0.39 is 0 Å². The first-order chi connectivity index (χ1) is 8.33. The summed E-state index contributed by atoms with van der Waals surface area (Å²) in [6.45, 7) is 0.962. The minimum absolute atomic E-state index is 0.0156. The molecule has 1 atom stereocenters. The van der Waals surface area contributed by atoms with E-state index in [2.05, 4.69) is 38.6 Å². The highest BCUT2D eigenvalue weighted by Gasteiger charge is 2.29. The summed E-state index contributed by atoms with van der Waals surface area (Å²) in [5.74, 6) is 6.26. The van der Waals surface area contributed by atoms with Gasteiger partial charge in [-0.25, -0.2) is 0 Å². The molecular formula is C13H11BrN2O. The lowest BCUT2D eigenvalue weighted by molar-refractivity contribution is 0.0299. The van der Waals surface area contributed by atoms with Crippen molar-refractivity contribution in [3.05, 3.63) is 45.6 Å². The third kappa shape index (κ3) is 2.22. The zero-order valence-electron chi connectivity index (χ0n) is 9.09. The van der Waals surface area contributed by atoms with Crippen LogP contribution in [0.2, 0.25) is 0 Å². The molecule has 2 heterocycles. The number of hydrogen-bond acceptors (Lipinski definition) is 3. The van der Waals surface area contributed by atoms with Gasteiger partial charge in [0.25, 0.3) is 0 Å². The van der Waals surface area contributed by atoms with Gasteiger partial charge >= 0.3 is 0 Å². The van der Waals surface area contributed by atoms with Crippen LogP contribution in [0.5, 0.6) is 0 Å². The Morgan fingerprint density at radius 2 is 2.29 bits per heavy atom. The Morgan fingerprint density at radius 3 is 3.18 bits per heavy atom. The highest BCUT2D eigenvalue weighted by Crippen LogP contribution is 2.23. The fraction of sp³-hybridized carbons (Fsp3) is 0.231. The van der Waals surface area contributed by atoms with E-state index in [0.29, 0.717) is 0 Å².